The van der Waals surface area contributed by atoms with Crippen molar-refractivity contribution in [3.8, 4) is 0 Å². The first kappa shape index (κ1) is 16.7. The summed E-state index contributed by atoms with van der Waals surface area (Å²) in [5.74, 6) is 0. The monoisotopic (exact) mass is 379 g/mol. The molecule has 0 unspecified atom stereocenters. The van der Waals surface area contributed by atoms with Gasteiger partial charge in [-0.05, 0) is 41.8 Å². The van der Waals surface area contributed by atoms with Crippen LogP contribution >= 0.6 is 0 Å². The van der Waals surface area contributed by atoms with Gasteiger partial charge in [0.25, 0.3) is 11.1 Å². The largest absolute Gasteiger partial charge is 0.294 e. The summed E-state index contributed by atoms with van der Waals surface area (Å²) in [6.45, 7) is 2.44. The molecular formula is C17H17N9O2. The zero-order valence-corrected chi connectivity index (χ0v) is 15.1. The van der Waals surface area contributed by atoms with Gasteiger partial charge in [-0.25, -0.2) is 14.3 Å². The van der Waals surface area contributed by atoms with E-state index >= 15 is 0 Å². The number of hydrogen-bond acceptors (Lipinski definition) is 8. The molecule has 1 aliphatic rings. The molecule has 1 aromatic carbocycles. The van der Waals surface area contributed by atoms with Gasteiger partial charge in [0, 0.05) is 0 Å². The minimum absolute atomic E-state index is 0.137. The average Bonchev–Trinajstić information content (AvgIpc) is 3.42. The number of tetrazole rings is 1. The van der Waals surface area contributed by atoms with Gasteiger partial charge in [-0.1, -0.05) is 12.1 Å². The molecule has 5 rings (SSSR count). The standard InChI is InChI=1S/C17H17N9O2/c1-2-10(7-24-9-19-21-23-24)25-8-18-14-5-13-15(6-12(14)16(25)27)20-22-26(17(13)28)11-3-4-11/h5-6,8-11H,2-4,7H2,1H3/t10-/m1/s1. The van der Waals surface area contributed by atoms with E-state index in [0.717, 1.165) is 12.8 Å². The lowest BCUT2D eigenvalue weighted by molar-refractivity contribution is 0.382. The maximum Gasteiger partial charge on any atom is 0.277 e. The first-order valence-electron chi connectivity index (χ1n) is 9.16. The van der Waals surface area contributed by atoms with E-state index in [9.17, 15) is 9.59 Å². The van der Waals surface area contributed by atoms with E-state index in [-0.39, 0.29) is 23.2 Å². The molecule has 1 saturated carbocycles. The quantitative estimate of drug-likeness (QED) is 0.458. The third-order valence-electron chi connectivity index (χ3n) is 5.13. The Bertz CT molecular complexity index is 1290. The Morgan fingerprint density at radius 1 is 1.07 bits per heavy atom. The summed E-state index contributed by atoms with van der Waals surface area (Å²) in [5.41, 5.74) is 0.489. The summed E-state index contributed by atoms with van der Waals surface area (Å²) >= 11 is 0. The van der Waals surface area contributed by atoms with E-state index in [0.29, 0.717) is 34.8 Å². The summed E-state index contributed by atoms with van der Waals surface area (Å²) in [6, 6.07) is 3.22. The van der Waals surface area contributed by atoms with Gasteiger partial charge in [0.05, 0.1) is 41.2 Å². The number of rotatable bonds is 5. The SMILES string of the molecule is CC[C@H](Cn1cnnn1)n1cnc2cc3c(=O)n(C4CC4)nnc3cc2c1=O. The fourth-order valence-electron chi connectivity index (χ4n) is 3.40. The molecule has 3 heterocycles. The summed E-state index contributed by atoms with van der Waals surface area (Å²) in [4.78, 5) is 30.2. The molecule has 1 atom stereocenters. The minimum Gasteiger partial charge on any atom is -0.294 e. The van der Waals surface area contributed by atoms with Gasteiger partial charge in [0.15, 0.2) is 0 Å². The molecule has 4 aromatic rings. The van der Waals surface area contributed by atoms with Crippen molar-refractivity contribution >= 4 is 21.8 Å². The molecule has 1 fully saturated rings. The second-order valence-electron chi connectivity index (χ2n) is 7.01. The van der Waals surface area contributed by atoms with Gasteiger partial charge in [0.1, 0.15) is 11.8 Å². The molecule has 11 nitrogen and oxygen atoms in total. The first-order valence-corrected chi connectivity index (χ1v) is 9.16. The molecule has 0 spiro atoms. The zero-order chi connectivity index (χ0) is 19.3. The second-order valence-corrected chi connectivity index (χ2v) is 7.01. The number of fused-ring (bicyclic) bond motifs is 2. The van der Waals surface area contributed by atoms with Crippen molar-refractivity contribution in [2.45, 2.75) is 44.8 Å². The van der Waals surface area contributed by atoms with E-state index in [1.165, 1.54) is 17.3 Å². The van der Waals surface area contributed by atoms with Crippen molar-refractivity contribution in [3.63, 3.8) is 0 Å². The minimum atomic E-state index is -0.194. The Morgan fingerprint density at radius 2 is 1.86 bits per heavy atom. The molecule has 0 bridgehead atoms. The highest BCUT2D eigenvalue weighted by Gasteiger charge is 2.27. The summed E-state index contributed by atoms with van der Waals surface area (Å²) in [5, 5.41) is 20.1. The van der Waals surface area contributed by atoms with Crippen molar-refractivity contribution in [3.05, 3.63) is 45.5 Å². The third kappa shape index (κ3) is 2.66. The second kappa shape index (κ2) is 6.29. The van der Waals surface area contributed by atoms with Crippen LogP contribution in [0.25, 0.3) is 21.8 Å². The lowest BCUT2D eigenvalue weighted by Gasteiger charge is -2.17. The van der Waals surface area contributed by atoms with Gasteiger partial charge in [0.2, 0.25) is 0 Å². The van der Waals surface area contributed by atoms with Crippen LogP contribution in [0.4, 0.5) is 0 Å². The van der Waals surface area contributed by atoms with Crippen LogP contribution in [0.3, 0.4) is 0 Å². The molecule has 0 saturated heterocycles. The lowest BCUT2D eigenvalue weighted by Crippen LogP contribution is -2.28. The zero-order valence-electron chi connectivity index (χ0n) is 15.1. The van der Waals surface area contributed by atoms with Crippen LogP contribution in [0.2, 0.25) is 0 Å². The van der Waals surface area contributed by atoms with E-state index < -0.39 is 0 Å². The molecular weight excluding hydrogens is 362 g/mol. The Morgan fingerprint density at radius 3 is 2.57 bits per heavy atom. The molecule has 0 radical (unpaired) electrons. The molecule has 11 heteroatoms. The first-order chi connectivity index (χ1) is 13.7. The Kier molecular flexibility index (Phi) is 3.74. The predicted octanol–water partition coefficient (Wildman–Crippen LogP) is 0.474. The summed E-state index contributed by atoms with van der Waals surface area (Å²) in [6.07, 6.45) is 5.61. The van der Waals surface area contributed by atoms with Crippen LogP contribution in [-0.2, 0) is 6.54 Å². The van der Waals surface area contributed by atoms with Crippen molar-refractivity contribution in [2.75, 3.05) is 0 Å². The normalized spacial score (nSPS) is 15.3. The van der Waals surface area contributed by atoms with E-state index in [1.807, 2.05) is 6.92 Å². The highest BCUT2D eigenvalue weighted by Crippen LogP contribution is 2.32. The Hall–Kier alpha value is -3.50. The molecule has 0 aliphatic heterocycles. The molecule has 0 N–H and O–H groups in total. The lowest BCUT2D eigenvalue weighted by atomic mass is 10.1. The van der Waals surface area contributed by atoms with E-state index in [2.05, 4.69) is 30.8 Å². The van der Waals surface area contributed by atoms with Gasteiger partial charge in [-0.2, -0.15) is 0 Å². The van der Waals surface area contributed by atoms with Crippen molar-refractivity contribution in [1.82, 2.24) is 44.8 Å². The topological polar surface area (TPSA) is 126 Å². The number of nitrogens with zero attached hydrogens (tertiary/aromatic N) is 9. The van der Waals surface area contributed by atoms with E-state index in [1.54, 1.807) is 21.4 Å². The fourth-order valence-corrected chi connectivity index (χ4v) is 3.40. The van der Waals surface area contributed by atoms with Crippen molar-refractivity contribution < 1.29 is 0 Å². The molecule has 1 aliphatic carbocycles. The number of hydrogen-bond donors (Lipinski definition) is 0. The van der Waals surface area contributed by atoms with Crippen LogP contribution < -0.4 is 11.1 Å². The molecule has 142 valence electrons. The molecule has 28 heavy (non-hydrogen) atoms. The summed E-state index contributed by atoms with van der Waals surface area (Å²) < 4.78 is 4.58. The van der Waals surface area contributed by atoms with Crippen LogP contribution in [0, 0.1) is 0 Å². The van der Waals surface area contributed by atoms with Gasteiger partial charge in [-0.15, -0.1) is 10.2 Å². The van der Waals surface area contributed by atoms with Crippen molar-refractivity contribution in [2.24, 2.45) is 0 Å². The average molecular weight is 379 g/mol. The maximum absolute atomic E-state index is 13.1. The Balaban J connectivity index is 1.64. The predicted molar refractivity (Wildman–Crippen MR) is 98.8 cm³/mol. The van der Waals surface area contributed by atoms with Crippen LogP contribution in [0.15, 0.2) is 34.4 Å². The number of benzene rings is 1. The van der Waals surface area contributed by atoms with Crippen LogP contribution in [-0.4, -0.2) is 44.8 Å². The van der Waals surface area contributed by atoms with Crippen LogP contribution in [0.1, 0.15) is 38.3 Å². The smallest absolute Gasteiger partial charge is 0.277 e. The van der Waals surface area contributed by atoms with Gasteiger partial charge >= 0.3 is 0 Å². The molecule has 3 aromatic heterocycles. The highest BCUT2D eigenvalue weighted by molar-refractivity contribution is 5.93. The van der Waals surface area contributed by atoms with E-state index in [4.69, 9.17) is 0 Å². The fraction of sp³-hybridized carbons (Fsp3) is 0.412. The van der Waals surface area contributed by atoms with Gasteiger partial charge in [-0.3, -0.25) is 14.2 Å². The molecule has 0 amide bonds. The maximum atomic E-state index is 13.1. The Labute approximate surface area is 157 Å². The van der Waals surface area contributed by atoms with Crippen LogP contribution in [0.5, 0.6) is 0 Å². The summed E-state index contributed by atoms with van der Waals surface area (Å²) in [7, 11) is 0. The highest BCUT2D eigenvalue weighted by atomic mass is 16.1. The number of aromatic nitrogens is 9. The van der Waals surface area contributed by atoms with Crippen molar-refractivity contribution in [1.29, 1.82) is 0 Å². The van der Waals surface area contributed by atoms with Gasteiger partial charge < -0.3 is 0 Å². The third-order valence-corrected chi connectivity index (χ3v) is 5.13.